The largest absolute Gasteiger partial charge is 0.374 e. The molecule has 6 heteroatoms. The van der Waals surface area contributed by atoms with Gasteiger partial charge in [0.15, 0.2) is 0 Å². The summed E-state index contributed by atoms with van der Waals surface area (Å²) in [5, 5.41) is 7.25. The van der Waals surface area contributed by atoms with Gasteiger partial charge < -0.3 is 9.84 Å². The molecule has 0 aliphatic heterocycles. The zero-order valence-corrected chi connectivity index (χ0v) is 14.8. The highest BCUT2D eigenvalue weighted by Crippen LogP contribution is 2.23. The monoisotopic (exact) mass is 423 g/mol. The molecule has 0 aliphatic rings. The molecule has 0 radical (unpaired) electrons. The van der Waals surface area contributed by atoms with Crippen molar-refractivity contribution in [3.05, 3.63) is 63.3 Å². The maximum absolute atomic E-state index is 13.7. The van der Waals surface area contributed by atoms with E-state index in [-0.39, 0.29) is 11.9 Å². The summed E-state index contributed by atoms with van der Waals surface area (Å²) in [7, 11) is 0. The van der Waals surface area contributed by atoms with Gasteiger partial charge in [-0.3, -0.25) is 0 Å². The van der Waals surface area contributed by atoms with Crippen LogP contribution in [0.4, 0.5) is 10.1 Å². The molecule has 2 aromatic carbocycles. The first-order valence-corrected chi connectivity index (χ1v) is 8.23. The molecule has 0 saturated heterocycles. The second kappa shape index (κ2) is 6.66. The first-order chi connectivity index (χ1) is 11.0. The number of hydrogen-bond donors (Lipinski definition) is 1. The molecular formula is C17H15FIN3O. The highest BCUT2D eigenvalue weighted by atomic mass is 127. The van der Waals surface area contributed by atoms with E-state index in [1.807, 2.05) is 31.2 Å². The van der Waals surface area contributed by atoms with E-state index in [4.69, 9.17) is 4.52 Å². The van der Waals surface area contributed by atoms with Crippen molar-refractivity contribution >= 4 is 28.3 Å². The number of rotatable bonds is 4. The third-order valence-corrected chi connectivity index (χ3v) is 4.12. The van der Waals surface area contributed by atoms with Crippen molar-refractivity contribution in [2.75, 3.05) is 5.32 Å². The van der Waals surface area contributed by atoms with Gasteiger partial charge in [0, 0.05) is 14.8 Å². The van der Waals surface area contributed by atoms with Crippen molar-refractivity contribution in [1.29, 1.82) is 0 Å². The highest BCUT2D eigenvalue weighted by Gasteiger charge is 2.16. The molecule has 0 aliphatic carbocycles. The van der Waals surface area contributed by atoms with Crippen molar-refractivity contribution in [3.63, 3.8) is 0 Å². The van der Waals surface area contributed by atoms with Crippen LogP contribution in [0.3, 0.4) is 0 Å². The van der Waals surface area contributed by atoms with Crippen LogP contribution < -0.4 is 5.32 Å². The lowest BCUT2D eigenvalue weighted by molar-refractivity contribution is 0.368. The first-order valence-electron chi connectivity index (χ1n) is 7.15. The lowest BCUT2D eigenvalue weighted by atomic mass is 10.1. The number of aryl methyl sites for hydroxylation is 1. The van der Waals surface area contributed by atoms with Gasteiger partial charge in [0.2, 0.25) is 11.7 Å². The number of benzene rings is 2. The molecule has 3 rings (SSSR count). The Bertz CT molecular complexity index is 834. The van der Waals surface area contributed by atoms with E-state index in [0.29, 0.717) is 22.8 Å². The van der Waals surface area contributed by atoms with Crippen LogP contribution in [-0.4, -0.2) is 10.1 Å². The topological polar surface area (TPSA) is 51.0 Å². The second-order valence-electron chi connectivity index (χ2n) is 5.30. The minimum atomic E-state index is -0.279. The van der Waals surface area contributed by atoms with Crippen LogP contribution in [-0.2, 0) is 0 Å². The van der Waals surface area contributed by atoms with Gasteiger partial charge in [0.25, 0.3) is 0 Å². The van der Waals surface area contributed by atoms with Gasteiger partial charge in [0.05, 0.1) is 0 Å². The van der Waals surface area contributed by atoms with Crippen molar-refractivity contribution in [3.8, 4) is 11.4 Å². The Morgan fingerprint density at radius 1 is 1.22 bits per heavy atom. The number of halogens is 2. The summed E-state index contributed by atoms with van der Waals surface area (Å²) in [5.74, 6) is 0.564. The predicted molar refractivity (Wildman–Crippen MR) is 95.6 cm³/mol. The third-order valence-electron chi connectivity index (χ3n) is 3.45. The molecule has 3 aromatic rings. The molecular weight excluding hydrogens is 408 g/mol. The third kappa shape index (κ3) is 3.69. The number of anilines is 1. The Morgan fingerprint density at radius 2 is 2.04 bits per heavy atom. The van der Waals surface area contributed by atoms with Gasteiger partial charge in [-0.25, -0.2) is 4.39 Å². The Balaban J connectivity index is 1.79. The molecule has 0 bridgehead atoms. The Labute approximate surface area is 147 Å². The number of hydrogen-bond acceptors (Lipinski definition) is 4. The maximum atomic E-state index is 13.7. The molecule has 0 amide bonds. The van der Waals surface area contributed by atoms with Gasteiger partial charge in [-0.15, -0.1) is 0 Å². The summed E-state index contributed by atoms with van der Waals surface area (Å²) in [5.41, 5.74) is 2.17. The molecule has 0 fully saturated rings. The second-order valence-corrected chi connectivity index (χ2v) is 6.54. The maximum Gasteiger partial charge on any atom is 0.249 e. The fourth-order valence-corrected chi connectivity index (χ4v) is 2.69. The Morgan fingerprint density at radius 3 is 2.78 bits per heavy atom. The van der Waals surface area contributed by atoms with E-state index < -0.39 is 0 Å². The van der Waals surface area contributed by atoms with E-state index in [0.717, 1.165) is 9.26 Å². The fraction of sp³-hybridized carbons (Fsp3) is 0.176. The van der Waals surface area contributed by atoms with Crippen LogP contribution in [0.5, 0.6) is 0 Å². The average Bonchev–Trinajstić information content (AvgIpc) is 3.00. The van der Waals surface area contributed by atoms with Crippen LogP contribution in [0.1, 0.15) is 24.4 Å². The number of nitrogens with zero attached hydrogens (tertiary/aromatic N) is 2. The SMILES string of the molecule is Cc1ccc(-c2noc(C(C)Nc3cccc(I)c3)n2)cc1F. The Kier molecular flexibility index (Phi) is 4.61. The predicted octanol–water partition coefficient (Wildman–Crippen LogP) is 4.96. The van der Waals surface area contributed by atoms with Crippen LogP contribution in [0.25, 0.3) is 11.4 Å². The van der Waals surface area contributed by atoms with E-state index >= 15 is 0 Å². The molecule has 0 spiro atoms. The molecule has 4 nitrogen and oxygen atoms in total. The van der Waals surface area contributed by atoms with Gasteiger partial charge in [-0.2, -0.15) is 4.98 Å². The molecule has 1 atom stereocenters. The normalized spacial score (nSPS) is 12.2. The molecule has 1 N–H and O–H groups in total. The van der Waals surface area contributed by atoms with E-state index in [2.05, 4.69) is 38.0 Å². The van der Waals surface area contributed by atoms with Crippen LogP contribution in [0.15, 0.2) is 47.0 Å². The van der Waals surface area contributed by atoms with Crippen LogP contribution in [0.2, 0.25) is 0 Å². The van der Waals surface area contributed by atoms with Gasteiger partial charge in [-0.1, -0.05) is 23.4 Å². The quantitative estimate of drug-likeness (QED) is 0.603. The lowest BCUT2D eigenvalue weighted by Gasteiger charge is -2.11. The summed E-state index contributed by atoms with van der Waals surface area (Å²) >= 11 is 2.26. The minimum Gasteiger partial charge on any atom is -0.374 e. The summed E-state index contributed by atoms with van der Waals surface area (Å²) < 4.78 is 20.1. The smallest absolute Gasteiger partial charge is 0.249 e. The van der Waals surface area contributed by atoms with E-state index in [1.165, 1.54) is 6.07 Å². The molecule has 1 heterocycles. The molecule has 1 aromatic heterocycles. The summed E-state index contributed by atoms with van der Waals surface area (Å²) in [6.45, 7) is 3.65. The van der Waals surface area contributed by atoms with Crippen molar-refractivity contribution < 1.29 is 8.91 Å². The van der Waals surface area contributed by atoms with Crippen molar-refractivity contribution in [2.24, 2.45) is 0 Å². The molecule has 1 unspecified atom stereocenters. The van der Waals surface area contributed by atoms with Crippen molar-refractivity contribution in [2.45, 2.75) is 19.9 Å². The zero-order chi connectivity index (χ0) is 16.4. The van der Waals surface area contributed by atoms with Crippen LogP contribution in [0, 0.1) is 16.3 Å². The van der Waals surface area contributed by atoms with Gasteiger partial charge in [-0.05, 0) is 66.3 Å². The Hall–Kier alpha value is -1.96. The molecule has 0 saturated carbocycles. The van der Waals surface area contributed by atoms with Crippen LogP contribution >= 0.6 is 22.6 Å². The van der Waals surface area contributed by atoms with Gasteiger partial charge in [0.1, 0.15) is 11.9 Å². The molecule has 118 valence electrons. The summed E-state index contributed by atoms with van der Waals surface area (Å²) in [6, 6.07) is 12.8. The molecule has 23 heavy (non-hydrogen) atoms. The standard InChI is InChI=1S/C17H15FIN3O/c1-10-6-7-12(8-15(10)18)16-21-17(23-22-16)11(2)20-14-5-3-4-13(19)9-14/h3-9,11,20H,1-2H3. The van der Waals surface area contributed by atoms with E-state index in [1.54, 1.807) is 19.1 Å². The first kappa shape index (κ1) is 15.9. The lowest BCUT2D eigenvalue weighted by Crippen LogP contribution is -2.07. The number of nitrogens with one attached hydrogen (secondary N) is 1. The van der Waals surface area contributed by atoms with Gasteiger partial charge >= 0.3 is 0 Å². The zero-order valence-electron chi connectivity index (χ0n) is 12.7. The average molecular weight is 423 g/mol. The van der Waals surface area contributed by atoms with Crippen molar-refractivity contribution in [1.82, 2.24) is 10.1 Å². The van der Waals surface area contributed by atoms with E-state index in [9.17, 15) is 4.39 Å². The fourth-order valence-electron chi connectivity index (χ4n) is 2.15. The summed E-state index contributed by atoms with van der Waals surface area (Å²) in [6.07, 6.45) is 0. The minimum absolute atomic E-state index is 0.148. The number of aromatic nitrogens is 2. The summed E-state index contributed by atoms with van der Waals surface area (Å²) in [4.78, 5) is 4.36. The highest BCUT2D eigenvalue weighted by molar-refractivity contribution is 14.1.